The van der Waals surface area contributed by atoms with Gasteiger partial charge in [-0.3, -0.25) is 4.79 Å². The van der Waals surface area contributed by atoms with Crippen molar-refractivity contribution in [2.24, 2.45) is 17.3 Å². The Kier molecular flexibility index (Phi) is 8.47. The topological polar surface area (TPSA) is 78.9 Å². The van der Waals surface area contributed by atoms with Crippen molar-refractivity contribution in [2.45, 2.75) is 71.2 Å². The monoisotopic (exact) mass is 504 g/mol. The Morgan fingerprint density at radius 2 is 1.65 bits per heavy atom. The second kappa shape index (κ2) is 11.8. The van der Waals surface area contributed by atoms with Gasteiger partial charge in [0.1, 0.15) is 18.3 Å². The van der Waals surface area contributed by atoms with E-state index in [1.54, 1.807) is 36.4 Å². The maximum absolute atomic E-state index is 13.0. The van der Waals surface area contributed by atoms with Gasteiger partial charge in [0, 0.05) is 23.7 Å². The van der Waals surface area contributed by atoms with Crippen LogP contribution in [0.15, 0.2) is 72.8 Å². The highest BCUT2D eigenvalue weighted by atomic mass is 16.6. The van der Waals surface area contributed by atoms with Crippen LogP contribution in [0.3, 0.4) is 0 Å². The molecule has 6 nitrogen and oxygen atoms in total. The molecule has 37 heavy (non-hydrogen) atoms. The molecular weight excluding hydrogens is 468 g/mol. The first-order valence-corrected chi connectivity index (χ1v) is 13.2. The van der Waals surface area contributed by atoms with E-state index < -0.39 is 18.2 Å². The molecular formula is C31H36O6. The van der Waals surface area contributed by atoms with E-state index in [1.807, 2.05) is 36.4 Å². The van der Waals surface area contributed by atoms with Gasteiger partial charge in [0.25, 0.3) is 0 Å². The predicted octanol–water partition coefficient (Wildman–Crippen LogP) is 6.16. The number of hydrogen-bond donors (Lipinski definition) is 0. The highest BCUT2D eigenvalue weighted by molar-refractivity contribution is 5.90. The summed E-state index contributed by atoms with van der Waals surface area (Å²) < 4.78 is 17.5. The van der Waals surface area contributed by atoms with Crippen LogP contribution in [0.1, 0.15) is 73.6 Å². The number of esters is 3. The lowest BCUT2D eigenvalue weighted by molar-refractivity contribution is -0.141. The third kappa shape index (κ3) is 6.48. The minimum absolute atomic E-state index is 0.0819. The predicted molar refractivity (Wildman–Crippen MR) is 140 cm³/mol. The summed E-state index contributed by atoms with van der Waals surface area (Å²) in [7, 11) is 0. The average Bonchev–Trinajstić information content (AvgIpc) is 3.41. The number of fused-ring (bicyclic) bond motifs is 1. The van der Waals surface area contributed by atoms with E-state index in [0.717, 1.165) is 19.3 Å². The zero-order valence-electron chi connectivity index (χ0n) is 21.8. The Morgan fingerprint density at radius 1 is 1.03 bits per heavy atom. The molecule has 1 aliphatic heterocycles. The fraction of sp³-hybridized carbons (Fsp3) is 0.452. The minimum Gasteiger partial charge on any atom is -0.462 e. The van der Waals surface area contributed by atoms with Crippen molar-refractivity contribution < 1.29 is 28.6 Å². The Hall–Kier alpha value is -3.41. The zero-order chi connectivity index (χ0) is 26.4. The molecule has 2 aromatic carbocycles. The largest absolute Gasteiger partial charge is 0.462 e. The number of hydrogen-bond acceptors (Lipinski definition) is 6. The maximum atomic E-state index is 13.0. The van der Waals surface area contributed by atoms with Crippen molar-refractivity contribution in [1.29, 1.82) is 0 Å². The average molecular weight is 505 g/mol. The molecule has 1 saturated carbocycles. The van der Waals surface area contributed by atoms with Gasteiger partial charge in [-0.25, -0.2) is 9.59 Å². The number of benzene rings is 2. The normalized spacial score (nSPS) is 23.9. The molecule has 1 saturated heterocycles. The summed E-state index contributed by atoms with van der Waals surface area (Å²) in [6.45, 7) is 6.34. The van der Waals surface area contributed by atoms with Gasteiger partial charge in [0.15, 0.2) is 0 Å². The van der Waals surface area contributed by atoms with Crippen LogP contribution in [-0.2, 0) is 19.0 Å². The molecule has 0 radical (unpaired) electrons. The SMILES string of the molecule is CCCCC(C)(C)[C@@H](/C=C/[C@@H]1[C@H]2CC(=O)O[C@H]2C[C@H]1OC(=O)c1ccccc1)OC(=O)c1ccccc1. The summed E-state index contributed by atoms with van der Waals surface area (Å²) >= 11 is 0. The smallest absolute Gasteiger partial charge is 0.338 e. The molecule has 0 amide bonds. The van der Waals surface area contributed by atoms with Crippen LogP contribution in [0.4, 0.5) is 0 Å². The molecule has 2 aliphatic rings. The Morgan fingerprint density at radius 3 is 2.27 bits per heavy atom. The second-order valence-electron chi connectivity index (χ2n) is 10.7. The quantitative estimate of drug-likeness (QED) is 0.219. The van der Waals surface area contributed by atoms with Crippen LogP contribution < -0.4 is 0 Å². The first kappa shape index (κ1) is 26.6. The fourth-order valence-electron chi connectivity index (χ4n) is 5.29. The zero-order valence-corrected chi connectivity index (χ0v) is 21.8. The maximum Gasteiger partial charge on any atom is 0.338 e. The molecule has 0 aromatic heterocycles. The highest BCUT2D eigenvalue weighted by Crippen LogP contribution is 2.44. The molecule has 5 atom stereocenters. The van der Waals surface area contributed by atoms with Crippen molar-refractivity contribution in [1.82, 2.24) is 0 Å². The molecule has 4 rings (SSSR count). The van der Waals surface area contributed by atoms with E-state index >= 15 is 0 Å². The summed E-state index contributed by atoms with van der Waals surface area (Å²) in [5, 5.41) is 0. The van der Waals surface area contributed by atoms with Crippen LogP contribution in [-0.4, -0.2) is 36.2 Å². The second-order valence-corrected chi connectivity index (χ2v) is 10.7. The van der Waals surface area contributed by atoms with E-state index in [2.05, 4.69) is 20.8 Å². The summed E-state index contributed by atoms with van der Waals surface area (Å²) in [5.41, 5.74) is 0.667. The van der Waals surface area contributed by atoms with Gasteiger partial charge in [-0.1, -0.05) is 76.1 Å². The first-order valence-electron chi connectivity index (χ1n) is 13.2. The number of carbonyl (C=O) groups excluding carboxylic acids is 3. The Labute approximate surface area is 219 Å². The van der Waals surface area contributed by atoms with E-state index in [9.17, 15) is 14.4 Å². The van der Waals surface area contributed by atoms with Crippen LogP contribution in [0, 0.1) is 17.3 Å². The van der Waals surface area contributed by atoms with Crippen LogP contribution in [0.25, 0.3) is 0 Å². The molecule has 0 unspecified atom stereocenters. The van der Waals surface area contributed by atoms with Crippen molar-refractivity contribution in [3.63, 3.8) is 0 Å². The van der Waals surface area contributed by atoms with Gasteiger partial charge in [-0.05, 0) is 36.8 Å². The van der Waals surface area contributed by atoms with Crippen molar-refractivity contribution in [3.8, 4) is 0 Å². The van der Waals surface area contributed by atoms with Gasteiger partial charge in [-0.15, -0.1) is 0 Å². The van der Waals surface area contributed by atoms with Crippen LogP contribution in [0.2, 0.25) is 0 Å². The fourth-order valence-corrected chi connectivity index (χ4v) is 5.29. The molecule has 0 bridgehead atoms. The lowest BCUT2D eigenvalue weighted by Crippen LogP contribution is -2.33. The molecule has 2 aromatic rings. The van der Waals surface area contributed by atoms with E-state index in [1.165, 1.54) is 0 Å². The Bertz CT molecular complexity index is 1110. The third-order valence-corrected chi connectivity index (χ3v) is 7.52. The molecule has 2 fully saturated rings. The summed E-state index contributed by atoms with van der Waals surface area (Å²) in [4.78, 5) is 37.8. The summed E-state index contributed by atoms with van der Waals surface area (Å²) in [5.74, 6) is -1.30. The van der Waals surface area contributed by atoms with Gasteiger partial charge >= 0.3 is 17.9 Å². The van der Waals surface area contributed by atoms with Crippen LogP contribution in [0.5, 0.6) is 0 Å². The molecule has 0 spiro atoms. The summed E-state index contributed by atoms with van der Waals surface area (Å²) in [6.07, 6.45) is 6.36. The molecule has 1 heterocycles. The van der Waals surface area contributed by atoms with E-state index in [4.69, 9.17) is 14.2 Å². The molecule has 196 valence electrons. The third-order valence-electron chi connectivity index (χ3n) is 7.52. The molecule has 1 aliphatic carbocycles. The van der Waals surface area contributed by atoms with Gasteiger partial charge in [-0.2, -0.15) is 0 Å². The van der Waals surface area contributed by atoms with E-state index in [-0.39, 0.29) is 41.7 Å². The standard InChI is InChI=1S/C31H36O6/c1-4-5-18-31(2,3)27(37-30(34)22-14-10-7-11-15-22)17-16-23-24-19-28(32)35-26(24)20-25(23)36-29(33)21-12-8-6-9-13-21/h6-17,23-27H,4-5,18-20H2,1-3H3/b17-16+/t23-,24-,25-,26+,27-/m1/s1. The van der Waals surface area contributed by atoms with Gasteiger partial charge < -0.3 is 14.2 Å². The highest BCUT2D eigenvalue weighted by Gasteiger charge is 2.51. The van der Waals surface area contributed by atoms with Gasteiger partial charge in [0.2, 0.25) is 0 Å². The molecule has 6 heteroatoms. The van der Waals surface area contributed by atoms with E-state index in [0.29, 0.717) is 17.5 Å². The Balaban J connectivity index is 1.57. The van der Waals surface area contributed by atoms with Crippen LogP contribution >= 0.6 is 0 Å². The minimum atomic E-state index is -0.491. The van der Waals surface area contributed by atoms with Crippen molar-refractivity contribution >= 4 is 17.9 Å². The number of unbranched alkanes of at least 4 members (excludes halogenated alkanes) is 1. The lowest BCUT2D eigenvalue weighted by atomic mass is 9.80. The summed E-state index contributed by atoms with van der Waals surface area (Å²) in [6, 6.07) is 17.8. The van der Waals surface area contributed by atoms with Crippen molar-refractivity contribution in [3.05, 3.63) is 83.9 Å². The van der Waals surface area contributed by atoms with Gasteiger partial charge in [0.05, 0.1) is 17.5 Å². The molecule has 0 N–H and O–H groups in total. The number of rotatable bonds is 10. The van der Waals surface area contributed by atoms with Crippen molar-refractivity contribution in [2.75, 3.05) is 0 Å². The lowest BCUT2D eigenvalue weighted by Gasteiger charge is -2.32. The number of carbonyl (C=O) groups is 3. The number of ether oxygens (including phenoxy) is 3. The first-order chi connectivity index (χ1) is 17.8.